The van der Waals surface area contributed by atoms with Crippen molar-refractivity contribution in [3.8, 4) is 28.6 Å². The molecule has 0 aliphatic carbocycles. The number of phosphoric ester groups is 1. The SMILES string of the molecule is CCc1cc(-c2n[nH]c(=O)n2-c2ccc3c(C)ccc(C)c3c2)c(O)cc1OP(=O)(O)O. The molecule has 0 bridgehead atoms. The summed E-state index contributed by atoms with van der Waals surface area (Å²) in [6.45, 7) is 5.78. The number of phenolic OH excluding ortho intramolecular Hbond substituents is 1. The lowest BCUT2D eigenvalue weighted by atomic mass is 10.0. The van der Waals surface area contributed by atoms with Crippen LogP contribution < -0.4 is 10.2 Å². The van der Waals surface area contributed by atoms with Crippen LogP contribution in [0.1, 0.15) is 23.6 Å². The molecule has 0 radical (unpaired) electrons. The number of phenols is 1. The maximum Gasteiger partial charge on any atom is 0.524 e. The number of aromatic hydroxyl groups is 1. The molecule has 0 aliphatic rings. The predicted molar refractivity (Wildman–Crippen MR) is 120 cm³/mol. The number of rotatable bonds is 5. The minimum Gasteiger partial charge on any atom is -0.507 e. The molecule has 0 amide bonds. The van der Waals surface area contributed by atoms with Gasteiger partial charge in [-0.25, -0.2) is 19.0 Å². The Morgan fingerprint density at radius 1 is 1.06 bits per heavy atom. The summed E-state index contributed by atoms with van der Waals surface area (Å²) in [6, 6.07) is 12.3. The molecule has 10 heteroatoms. The highest BCUT2D eigenvalue weighted by Crippen LogP contribution is 2.43. The summed E-state index contributed by atoms with van der Waals surface area (Å²) >= 11 is 0. The van der Waals surface area contributed by atoms with Gasteiger partial charge in [0.25, 0.3) is 0 Å². The van der Waals surface area contributed by atoms with Gasteiger partial charge in [0.15, 0.2) is 5.82 Å². The second kappa shape index (κ2) is 7.94. The largest absolute Gasteiger partial charge is 0.524 e. The van der Waals surface area contributed by atoms with Crippen LogP contribution in [0.4, 0.5) is 0 Å². The topological polar surface area (TPSA) is 138 Å². The molecule has 4 N–H and O–H groups in total. The van der Waals surface area contributed by atoms with Crippen molar-refractivity contribution < 1.29 is 24.0 Å². The zero-order chi connectivity index (χ0) is 23.2. The molecule has 0 saturated heterocycles. The number of hydrogen-bond donors (Lipinski definition) is 4. The van der Waals surface area contributed by atoms with E-state index >= 15 is 0 Å². The minimum absolute atomic E-state index is 0.136. The number of benzene rings is 3. The average Bonchev–Trinajstić information content (AvgIpc) is 3.11. The van der Waals surface area contributed by atoms with Gasteiger partial charge in [-0.2, -0.15) is 5.10 Å². The lowest BCUT2D eigenvalue weighted by Gasteiger charge is -2.15. The first-order valence-electron chi connectivity index (χ1n) is 9.88. The van der Waals surface area contributed by atoms with Crippen LogP contribution in [-0.2, 0) is 11.0 Å². The van der Waals surface area contributed by atoms with Gasteiger partial charge >= 0.3 is 13.5 Å². The van der Waals surface area contributed by atoms with Gasteiger partial charge in [-0.15, -0.1) is 0 Å². The van der Waals surface area contributed by atoms with E-state index in [1.54, 1.807) is 13.0 Å². The Morgan fingerprint density at radius 3 is 2.41 bits per heavy atom. The third-order valence-electron chi connectivity index (χ3n) is 5.38. The van der Waals surface area contributed by atoms with E-state index in [2.05, 4.69) is 10.2 Å². The molecular formula is C22H22N3O6P. The maximum absolute atomic E-state index is 12.7. The monoisotopic (exact) mass is 455 g/mol. The Bertz CT molecular complexity index is 1450. The third-order valence-corrected chi connectivity index (χ3v) is 5.82. The Kier molecular flexibility index (Phi) is 5.42. The van der Waals surface area contributed by atoms with E-state index in [-0.39, 0.29) is 22.9 Å². The molecule has 0 spiro atoms. The highest BCUT2D eigenvalue weighted by atomic mass is 31.2. The first-order valence-corrected chi connectivity index (χ1v) is 11.4. The zero-order valence-electron chi connectivity index (χ0n) is 17.7. The fourth-order valence-corrected chi connectivity index (χ4v) is 4.20. The Labute approximate surface area is 183 Å². The molecule has 0 aliphatic heterocycles. The summed E-state index contributed by atoms with van der Waals surface area (Å²) < 4.78 is 17.3. The Morgan fingerprint density at radius 2 is 1.75 bits per heavy atom. The number of nitrogens with one attached hydrogen (secondary N) is 1. The summed E-state index contributed by atoms with van der Waals surface area (Å²) in [5.41, 5.74) is 2.90. The molecule has 1 aromatic heterocycles. The van der Waals surface area contributed by atoms with Crippen molar-refractivity contribution in [2.24, 2.45) is 0 Å². The van der Waals surface area contributed by atoms with Crippen LogP contribution in [0.25, 0.3) is 27.8 Å². The van der Waals surface area contributed by atoms with E-state index in [0.29, 0.717) is 17.7 Å². The molecule has 0 fully saturated rings. The molecule has 0 atom stereocenters. The summed E-state index contributed by atoms with van der Waals surface area (Å²) in [4.78, 5) is 30.9. The number of nitrogens with zero attached hydrogens (tertiary/aromatic N) is 2. The molecule has 9 nitrogen and oxygen atoms in total. The smallest absolute Gasteiger partial charge is 0.507 e. The molecule has 3 aromatic carbocycles. The fourth-order valence-electron chi connectivity index (χ4n) is 3.77. The van der Waals surface area contributed by atoms with Crippen LogP contribution >= 0.6 is 7.82 Å². The minimum atomic E-state index is -4.81. The highest BCUT2D eigenvalue weighted by molar-refractivity contribution is 7.46. The number of aromatic nitrogens is 3. The van der Waals surface area contributed by atoms with Gasteiger partial charge in [-0.05, 0) is 65.9 Å². The molecule has 166 valence electrons. The van der Waals surface area contributed by atoms with E-state index in [9.17, 15) is 14.5 Å². The second-order valence-corrected chi connectivity index (χ2v) is 8.69. The van der Waals surface area contributed by atoms with Crippen molar-refractivity contribution in [2.75, 3.05) is 0 Å². The van der Waals surface area contributed by atoms with E-state index in [4.69, 9.17) is 14.3 Å². The number of aryl methyl sites for hydroxylation is 3. The average molecular weight is 455 g/mol. The molecule has 4 rings (SSSR count). The highest BCUT2D eigenvalue weighted by Gasteiger charge is 2.23. The van der Waals surface area contributed by atoms with Crippen LogP contribution in [0.5, 0.6) is 11.5 Å². The number of fused-ring (bicyclic) bond motifs is 1. The summed E-state index contributed by atoms with van der Waals surface area (Å²) in [7, 11) is -4.81. The standard InChI is InChI=1S/C22H22N3O6P/c1-4-14-9-18(19(26)11-20(14)31-32(28,29)30)21-23-24-22(27)25(21)15-7-8-16-12(2)5-6-13(3)17(16)10-15/h5-11,26H,4H2,1-3H3,(H,24,27)(H2,28,29,30). The normalized spacial score (nSPS) is 11.8. The molecule has 1 heterocycles. The van der Waals surface area contributed by atoms with Crippen molar-refractivity contribution in [1.29, 1.82) is 0 Å². The number of phosphoric acid groups is 1. The quantitative estimate of drug-likeness (QED) is 0.336. The zero-order valence-corrected chi connectivity index (χ0v) is 18.6. The number of aromatic amines is 1. The van der Waals surface area contributed by atoms with E-state index in [0.717, 1.165) is 28.0 Å². The lowest BCUT2D eigenvalue weighted by Crippen LogP contribution is -2.15. The number of hydrogen-bond acceptors (Lipinski definition) is 5. The third kappa shape index (κ3) is 3.93. The summed E-state index contributed by atoms with van der Waals surface area (Å²) in [5, 5.41) is 19.2. The van der Waals surface area contributed by atoms with Gasteiger partial charge in [0, 0.05) is 6.07 Å². The van der Waals surface area contributed by atoms with Gasteiger partial charge in [-0.3, -0.25) is 9.79 Å². The van der Waals surface area contributed by atoms with Gasteiger partial charge in [0.05, 0.1) is 11.3 Å². The predicted octanol–water partition coefficient (Wildman–Crippen LogP) is 3.74. The molecule has 0 unspecified atom stereocenters. The van der Waals surface area contributed by atoms with Crippen LogP contribution in [0.15, 0.2) is 47.3 Å². The van der Waals surface area contributed by atoms with Crippen molar-refractivity contribution in [3.05, 3.63) is 69.6 Å². The first kappa shape index (κ1) is 21.8. The van der Waals surface area contributed by atoms with Crippen LogP contribution in [0.3, 0.4) is 0 Å². The van der Waals surface area contributed by atoms with Crippen LogP contribution in [-0.4, -0.2) is 29.7 Å². The summed E-state index contributed by atoms with van der Waals surface area (Å²) in [5.74, 6) is -0.309. The van der Waals surface area contributed by atoms with Crippen LogP contribution in [0, 0.1) is 13.8 Å². The Hall–Kier alpha value is -3.39. The summed E-state index contributed by atoms with van der Waals surface area (Å²) in [6.07, 6.45) is 0.367. The molecular weight excluding hydrogens is 433 g/mol. The van der Waals surface area contributed by atoms with Gasteiger partial charge in [-0.1, -0.05) is 25.1 Å². The van der Waals surface area contributed by atoms with E-state index in [1.807, 2.05) is 38.1 Å². The van der Waals surface area contributed by atoms with Gasteiger partial charge < -0.3 is 9.63 Å². The first-order chi connectivity index (χ1) is 15.1. The fraction of sp³-hybridized carbons (Fsp3) is 0.182. The van der Waals surface area contributed by atoms with Crippen molar-refractivity contribution >= 4 is 18.6 Å². The van der Waals surface area contributed by atoms with Crippen LogP contribution in [0.2, 0.25) is 0 Å². The Balaban J connectivity index is 1.91. The van der Waals surface area contributed by atoms with Crippen molar-refractivity contribution in [1.82, 2.24) is 14.8 Å². The molecule has 4 aromatic rings. The maximum atomic E-state index is 12.7. The van der Waals surface area contributed by atoms with Gasteiger partial charge in [0.2, 0.25) is 0 Å². The van der Waals surface area contributed by atoms with Crippen molar-refractivity contribution in [3.63, 3.8) is 0 Å². The number of H-pyrrole nitrogens is 1. The molecule has 0 saturated carbocycles. The van der Waals surface area contributed by atoms with E-state index in [1.165, 1.54) is 10.6 Å². The van der Waals surface area contributed by atoms with Gasteiger partial charge in [0.1, 0.15) is 11.5 Å². The van der Waals surface area contributed by atoms with Crippen molar-refractivity contribution in [2.45, 2.75) is 27.2 Å². The van der Waals surface area contributed by atoms with E-state index < -0.39 is 13.5 Å². The molecule has 32 heavy (non-hydrogen) atoms. The second-order valence-electron chi connectivity index (χ2n) is 7.53. The lowest BCUT2D eigenvalue weighted by molar-refractivity contribution is 0.282.